The molecular weight excluding hydrogens is 282 g/mol. The van der Waals surface area contributed by atoms with Crippen LogP contribution in [0.1, 0.15) is 17.3 Å². The summed E-state index contributed by atoms with van der Waals surface area (Å²) < 4.78 is 7.14. The third-order valence-corrected chi connectivity index (χ3v) is 4.01. The highest BCUT2D eigenvalue weighted by atomic mass is 16.5. The number of fused-ring (bicyclic) bond motifs is 1. The van der Waals surface area contributed by atoms with Gasteiger partial charge in [0.15, 0.2) is 0 Å². The van der Waals surface area contributed by atoms with E-state index in [1.54, 1.807) is 17.2 Å². The van der Waals surface area contributed by atoms with Crippen molar-refractivity contribution in [1.82, 2.24) is 9.47 Å². The number of carbonyl (C=O) groups excluding carboxylic acids is 1. The molecule has 3 rings (SSSR count). The van der Waals surface area contributed by atoms with E-state index in [-0.39, 0.29) is 16.9 Å². The number of nitrogen functional groups attached to an aromatic ring is 1. The van der Waals surface area contributed by atoms with Crippen molar-refractivity contribution in [2.75, 3.05) is 32.0 Å². The summed E-state index contributed by atoms with van der Waals surface area (Å²) in [7, 11) is 0. The molecule has 1 fully saturated rings. The first-order chi connectivity index (χ1) is 10.6. The molecule has 0 unspecified atom stereocenters. The molecule has 0 atom stereocenters. The Kier molecular flexibility index (Phi) is 3.85. The summed E-state index contributed by atoms with van der Waals surface area (Å²) in [6.07, 6.45) is 1.64. The van der Waals surface area contributed by atoms with Crippen molar-refractivity contribution in [3.05, 3.63) is 40.2 Å². The molecule has 2 N–H and O–H groups in total. The predicted octanol–water partition coefficient (Wildman–Crippen LogP) is 1.08. The molecule has 0 spiro atoms. The number of amides is 1. The van der Waals surface area contributed by atoms with Crippen LogP contribution >= 0.6 is 0 Å². The number of nitrogens with two attached hydrogens (primary N) is 1. The minimum Gasteiger partial charge on any atom is -0.398 e. The number of aryl methyl sites for hydroxylation is 1. The molecule has 0 radical (unpaired) electrons. The van der Waals surface area contributed by atoms with E-state index in [2.05, 4.69) is 0 Å². The van der Waals surface area contributed by atoms with Crippen molar-refractivity contribution < 1.29 is 9.53 Å². The largest absolute Gasteiger partial charge is 0.398 e. The average molecular weight is 301 g/mol. The Balaban J connectivity index is 2.17. The van der Waals surface area contributed by atoms with E-state index in [1.165, 1.54) is 0 Å². The number of nitrogens with zero attached hydrogens (tertiary/aromatic N) is 2. The van der Waals surface area contributed by atoms with Gasteiger partial charge in [0.25, 0.3) is 5.91 Å². The molecule has 2 heterocycles. The van der Waals surface area contributed by atoms with Gasteiger partial charge in [0.1, 0.15) is 5.56 Å². The third-order valence-electron chi connectivity index (χ3n) is 4.01. The van der Waals surface area contributed by atoms with E-state index in [0.717, 1.165) is 5.52 Å². The smallest absolute Gasteiger partial charge is 0.259 e. The third kappa shape index (κ3) is 2.35. The summed E-state index contributed by atoms with van der Waals surface area (Å²) >= 11 is 0. The molecule has 1 aliphatic rings. The normalized spacial score (nSPS) is 15.2. The highest BCUT2D eigenvalue weighted by Gasteiger charge is 2.23. The number of ether oxygens (including phenoxy) is 1. The Bertz CT molecular complexity index is 776. The molecule has 1 aromatic carbocycles. The zero-order chi connectivity index (χ0) is 15.7. The van der Waals surface area contributed by atoms with Crippen molar-refractivity contribution in [2.45, 2.75) is 13.5 Å². The van der Waals surface area contributed by atoms with Gasteiger partial charge in [-0.3, -0.25) is 9.59 Å². The molecule has 2 aromatic rings. The Hall–Kier alpha value is -2.34. The van der Waals surface area contributed by atoms with Gasteiger partial charge < -0.3 is 19.9 Å². The van der Waals surface area contributed by atoms with Crippen LogP contribution in [0.4, 0.5) is 5.69 Å². The van der Waals surface area contributed by atoms with E-state index >= 15 is 0 Å². The van der Waals surface area contributed by atoms with E-state index in [1.807, 2.05) is 23.6 Å². The van der Waals surface area contributed by atoms with Crippen LogP contribution in [0.15, 0.2) is 29.2 Å². The van der Waals surface area contributed by atoms with Crippen molar-refractivity contribution in [1.29, 1.82) is 0 Å². The molecule has 22 heavy (non-hydrogen) atoms. The maximum absolute atomic E-state index is 12.7. The van der Waals surface area contributed by atoms with Crippen LogP contribution in [0, 0.1) is 0 Å². The molecule has 1 saturated heterocycles. The molecule has 6 nitrogen and oxygen atoms in total. The summed E-state index contributed by atoms with van der Waals surface area (Å²) in [5.41, 5.74) is 7.01. The molecule has 0 aliphatic carbocycles. The van der Waals surface area contributed by atoms with Crippen LogP contribution in [0.2, 0.25) is 0 Å². The van der Waals surface area contributed by atoms with Gasteiger partial charge in [-0.1, -0.05) is 6.07 Å². The Morgan fingerprint density at radius 1 is 1.32 bits per heavy atom. The first-order valence-electron chi connectivity index (χ1n) is 7.42. The van der Waals surface area contributed by atoms with Crippen molar-refractivity contribution in [2.24, 2.45) is 0 Å². The number of hydrogen-bond acceptors (Lipinski definition) is 4. The maximum atomic E-state index is 12.7. The van der Waals surface area contributed by atoms with Gasteiger partial charge in [-0.05, 0) is 19.1 Å². The second-order valence-corrected chi connectivity index (χ2v) is 5.30. The summed E-state index contributed by atoms with van der Waals surface area (Å²) in [5, 5.41) is 0.420. The number of rotatable bonds is 2. The Labute approximate surface area is 128 Å². The van der Waals surface area contributed by atoms with Crippen LogP contribution in [-0.4, -0.2) is 41.7 Å². The van der Waals surface area contributed by atoms with Gasteiger partial charge in [0.05, 0.1) is 24.1 Å². The second-order valence-electron chi connectivity index (χ2n) is 5.30. The summed E-state index contributed by atoms with van der Waals surface area (Å²) in [6.45, 7) is 4.64. The number of benzene rings is 1. The summed E-state index contributed by atoms with van der Waals surface area (Å²) in [6, 6.07) is 5.35. The molecule has 0 saturated carbocycles. The molecule has 0 bridgehead atoms. The second kappa shape index (κ2) is 5.81. The van der Waals surface area contributed by atoms with Crippen LogP contribution in [0.5, 0.6) is 0 Å². The number of pyridine rings is 1. The Morgan fingerprint density at radius 3 is 2.73 bits per heavy atom. The highest BCUT2D eigenvalue weighted by molar-refractivity contribution is 6.00. The number of hydrogen-bond donors (Lipinski definition) is 1. The van der Waals surface area contributed by atoms with Crippen LogP contribution in [-0.2, 0) is 11.3 Å². The monoisotopic (exact) mass is 301 g/mol. The fourth-order valence-electron chi connectivity index (χ4n) is 2.81. The predicted molar refractivity (Wildman–Crippen MR) is 85.0 cm³/mol. The topological polar surface area (TPSA) is 77.6 Å². The van der Waals surface area contributed by atoms with Crippen LogP contribution in [0.25, 0.3) is 10.9 Å². The first kappa shape index (κ1) is 14.6. The minimum atomic E-state index is -0.297. The lowest BCUT2D eigenvalue weighted by Crippen LogP contribution is -2.42. The molecule has 1 aromatic heterocycles. The fraction of sp³-hybridized carbons (Fsp3) is 0.375. The lowest BCUT2D eigenvalue weighted by atomic mass is 10.1. The summed E-state index contributed by atoms with van der Waals surface area (Å²) in [4.78, 5) is 27.0. The van der Waals surface area contributed by atoms with Gasteiger partial charge in [-0.15, -0.1) is 0 Å². The lowest BCUT2D eigenvalue weighted by molar-refractivity contribution is 0.0301. The molecule has 1 aliphatic heterocycles. The van der Waals surface area contributed by atoms with Gasteiger partial charge >= 0.3 is 0 Å². The molecular formula is C16H19N3O3. The van der Waals surface area contributed by atoms with Crippen molar-refractivity contribution >= 4 is 22.5 Å². The molecule has 6 heteroatoms. The highest BCUT2D eigenvalue weighted by Crippen LogP contribution is 2.19. The SMILES string of the molecule is CCn1cc(C(=O)N2CCOCC2)c(=O)c2c(N)cccc21. The zero-order valence-electron chi connectivity index (χ0n) is 12.5. The molecule has 1 amide bonds. The van der Waals surface area contributed by atoms with Gasteiger partial charge in [-0.2, -0.15) is 0 Å². The van der Waals surface area contributed by atoms with E-state index < -0.39 is 0 Å². The van der Waals surface area contributed by atoms with Gasteiger partial charge in [0, 0.05) is 31.5 Å². The minimum absolute atomic E-state index is 0.175. The lowest BCUT2D eigenvalue weighted by Gasteiger charge is -2.27. The van der Waals surface area contributed by atoms with Gasteiger partial charge in [0.2, 0.25) is 5.43 Å². The fourth-order valence-corrected chi connectivity index (χ4v) is 2.81. The van der Waals surface area contributed by atoms with Crippen molar-refractivity contribution in [3.63, 3.8) is 0 Å². The number of anilines is 1. The van der Waals surface area contributed by atoms with E-state index in [9.17, 15) is 9.59 Å². The van der Waals surface area contributed by atoms with E-state index in [4.69, 9.17) is 10.5 Å². The number of aromatic nitrogens is 1. The van der Waals surface area contributed by atoms with Crippen LogP contribution in [0.3, 0.4) is 0 Å². The van der Waals surface area contributed by atoms with Gasteiger partial charge in [-0.25, -0.2) is 0 Å². The Morgan fingerprint density at radius 2 is 2.05 bits per heavy atom. The first-order valence-corrected chi connectivity index (χ1v) is 7.42. The average Bonchev–Trinajstić information content (AvgIpc) is 2.55. The van der Waals surface area contributed by atoms with E-state index in [0.29, 0.717) is 43.9 Å². The number of carbonyl (C=O) groups is 1. The maximum Gasteiger partial charge on any atom is 0.259 e. The quantitative estimate of drug-likeness (QED) is 0.842. The summed E-state index contributed by atoms with van der Waals surface area (Å²) in [5.74, 6) is -0.249. The number of morpholine rings is 1. The van der Waals surface area contributed by atoms with Crippen LogP contribution < -0.4 is 11.2 Å². The standard InChI is InChI=1S/C16H19N3O3/c1-2-18-10-11(16(21)19-6-8-22-9-7-19)15(20)14-12(17)4-3-5-13(14)18/h3-5,10H,2,6-9,17H2,1H3. The molecule has 116 valence electrons. The zero-order valence-corrected chi connectivity index (χ0v) is 12.5. The van der Waals surface area contributed by atoms with Crippen molar-refractivity contribution in [3.8, 4) is 0 Å².